The van der Waals surface area contributed by atoms with Gasteiger partial charge in [-0.05, 0) is 37.1 Å². The summed E-state index contributed by atoms with van der Waals surface area (Å²) in [5.74, 6) is 1.79. The molecular formula is C18H24N4O3. The fourth-order valence-electron chi connectivity index (χ4n) is 2.79. The molecule has 0 saturated carbocycles. The van der Waals surface area contributed by atoms with Gasteiger partial charge >= 0.3 is 5.97 Å². The summed E-state index contributed by atoms with van der Waals surface area (Å²) in [6.45, 7) is 5.38. The minimum atomic E-state index is -0.333. The Kier molecular flexibility index (Phi) is 5.65. The first kappa shape index (κ1) is 17.4. The van der Waals surface area contributed by atoms with Gasteiger partial charge in [0, 0.05) is 33.6 Å². The fraction of sp³-hybridized carbons (Fsp3) is 0.500. The van der Waals surface area contributed by atoms with Crippen molar-refractivity contribution in [3.8, 4) is 5.75 Å². The van der Waals surface area contributed by atoms with E-state index in [1.165, 1.54) is 6.92 Å². The number of amidine groups is 1. The predicted molar refractivity (Wildman–Crippen MR) is 96.5 cm³/mol. The van der Waals surface area contributed by atoms with Crippen LogP contribution in [0.25, 0.3) is 0 Å². The van der Waals surface area contributed by atoms with Crippen LogP contribution in [-0.4, -0.2) is 67.5 Å². The monoisotopic (exact) mass is 344 g/mol. The molecule has 2 saturated heterocycles. The molecule has 25 heavy (non-hydrogen) atoms. The Bertz CT molecular complexity index is 663. The Morgan fingerprint density at radius 3 is 2.52 bits per heavy atom. The molecule has 0 aliphatic carbocycles. The molecule has 2 heterocycles. The van der Waals surface area contributed by atoms with Gasteiger partial charge < -0.3 is 19.3 Å². The van der Waals surface area contributed by atoms with E-state index in [0.717, 1.165) is 50.6 Å². The maximum absolute atomic E-state index is 11.0. The van der Waals surface area contributed by atoms with Crippen LogP contribution in [0.2, 0.25) is 0 Å². The minimum absolute atomic E-state index is 0.333. The second-order valence-electron chi connectivity index (χ2n) is 6.20. The van der Waals surface area contributed by atoms with E-state index in [1.54, 1.807) is 12.1 Å². The molecule has 0 atom stereocenters. The van der Waals surface area contributed by atoms with Crippen molar-refractivity contribution in [1.29, 1.82) is 0 Å². The lowest BCUT2D eigenvalue weighted by Gasteiger charge is -2.27. The van der Waals surface area contributed by atoms with Crippen LogP contribution in [0.3, 0.4) is 0 Å². The SMILES string of the molecule is CC(=O)Oc1ccc(N=C(N=C2COCCN2C)N2CCCC2)cc1. The van der Waals surface area contributed by atoms with E-state index >= 15 is 0 Å². The van der Waals surface area contributed by atoms with Crippen LogP contribution in [0.4, 0.5) is 5.69 Å². The highest BCUT2D eigenvalue weighted by Gasteiger charge is 2.19. The smallest absolute Gasteiger partial charge is 0.308 e. The molecule has 0 radical (unpaired) electrons. The summed E-state index contributed by atoms with van der Waals surface area (Å²) in [6.07, 6.45) is 2.31. The second-order valence-corrected chi connectivity index (χ2v) is 6.20. The van der Waals surface area contributed by atoms with E-state index < -0.39 is 0 Å². The molecule has 2 fully saturated rings. The summed E-state index contributed by atoms with van der Waals surface area (Å²) >= 11 is 0. The van der Waals surface area contributed by atoms with Crippen molar-refractivity contribution >= 4 is 23.5 Å². The van der Waals surface area contributed by atoms with Gasteiger partial charge in [-0.1, -0.05) is 0 Å². The van der Waals surface area contributed by atoms with E-state index in [9.17, 15) is 4.79 Å². The molecule has 134 valence electrons. The molecule has 0 aromatic heterocycles. The average Bonchev–Trinajstić information content (AvgIpc) is 3.12. The molecule has 0 unspecified atom stereocenters. The molecule has 0 amide bonds. The first-order valence-electron chi connectivity index (χ1n) is 8.60. The number of aliphatic imine (C=N–C) groups is 2. The lowest BCUT2D eigenvalue weighted by Crippen LogP contribution is -2.40. The maximum Gasteiger partial charge on any atom is 0.308 e. The zero-order valence-electron chi connectivity index (χ0n) is 14.8. The van der Waals surface area contributed by atoms with E-state index in [0.29, 0.717) is 18.3 Å². The van der Waals surface area contributed by atoms with Crippen LogP contribution >= 0.6 is 0 Å². The molecule has 1 aromatic carbocycles. The van der Waals surface area contributed by atoms with Crippen molar-refractivity contribution in [2.75, 3.05) is 39.9 Å². The lowest BCUT2D eigenvalue weighted by atomic mass is 10.3. The number of esters is 1. The Labute approximate surface area is 147 Å². The summed E-state index contributed by atoms with van der Waals surface area (Å²) in [5, 5.41) is 0. The molecule has 7 heteroatoms. The third kappa shape index (κ3) is 4.79. The number of hydrogen-bond acceptors (Lipinski definition) is 4. The summed E-state index contributed by atoms with van der Waals surface area (Å²) in [7, 11) is 2.02. The van der Waals surface area contributed by atoms with Crippen molar-refractivity contribution in [3.63, 3.8) is 0 Å². The number of nitrogens with zero attached hydrogens (tertiary/aromatic N) is 4. The molecule has 0 bridgehead atoms. The van der Waals surface area contributed by atoms with Crippen molar-refractivity contribution in [2.24, 2.45) is 9.98 Å². The number of hydrogen-bond donors (Lipinski definition) is 0. The van der Waals surface area contributed by atoms with Crippen LogP contribution in [0.1, 0.15) is 19.8 Å². The van der Waals surface area contributed by atoms with Gasteiger partial charge in [-0.25, -0.2) is 4.99 Å². The molecule has 3 rings (SSSR count). The Hall–Kier alpha value is -2.41. The highest BCUT2D eigenvalue weighted by atomic mass is 16.5. The first-order valence-corrected chi connectivity index (χ1v) is 8.60. The summed E-state index contributed by atoms with van der Waals surface area (Å²) in [5.41, 5.74) is 0.779. The molecule has 7 nitrogen and oxygen atoms in total. The van der Waals surface area contributed by atoms with Gasteiger partial charge in [0.05, 0.1) is 12.3 Å². The van der Waals surface area contributed by atoms with Gasteiger partial charge in [0.25, 0.3) is 0 Å². The highest BCUT2D eigenvalue weighted by molar-refractivity contribution is 5.97. The van der Waals surface area contributed by atoms with Crippen molar-refractivity contribution in [1.82, 2.24) is 9.80 Å². The summed E-state index contributed by atoms with van der Waals surface area (Å²) in [6, 6.07) is 7.14. The number of carbonyl (C=O) groups is 1. The number of likely N-dealkylation sites (tertiary alicyclic amines) is 1. The molecule has 0 N–H and O–H groups in total. The Morgan fingerprint density at radius 1 is 1.16 bits per heavy atom. The van der Waals surface area contributed by atoms with Gasteiger partial charge in [0.1, 0.15) is 18.2 Å². The third-order valence-electron chi connectivity index (χ3n) is 4.19. The minimum Gasteiger partial charge on any atom is -0.427 e. The van der Waals surface area contributed by atoms with E-state index in [2.05, 4.69) is 9.80 Å². The molecule has 1 aromatic rings. The molecular weight excluding hydrogens is 320 g/mol. The second kappa shape index (κ2) is 8.11. The third-order valence-corrected chi connectivity index (χ3v) is 4.19. The first-order chi connectivity index (χ1) is 12.1. The highest BCUT2D eigenvalue weighted by Crippen LogP contribution is 2.20. The van der Waals surface area contributed by atoms with E-state index in [4.69, 9.17) is 19.5 Å². The summed E-state index contributed by atoms with van der Waals surface area (Å²) in [4.78, 5) is 24.8. The number of morpholine rings is 1. The normalized spacial score (nSPS) is 20.2. The van der Waals surface area contributed by atoms with Crippen molar-refractivity contribution < 1.29 is 14.3 Å². The number of ether oxygens (including phenoxy) is 2. The van der Waals surface area contributed by atoms with E-state index in [-0.39, 0.29) is 5.97 Å². The van der Waals surface area contributed by atoms with Crippen molar-refractivity contribution in [3.05, 3.63) is 24.3 Å². The summed E-state index contributed by atoms with van der Waals surface area (Å²) < 4.78 is 10.6. The Balaban J connectivity index is 1.84. The van der Waals surface area contributed by atoms with Crippen LogP contribution in [0.5, 0.6) is 5.75 Å². The number of benzene rings is 1. The number of rotatable bonds is 2. The van der Waals surface area contributed by atoms with Gasteiger partial charge in [-0.2, -0.15) is 4.99 Å². The number of guanidine groups is 1. The van der Waals surface area contributed by atoms with Crippen LogP contribution in [0.15, 0.2) is 34.3 Å². The number of carbonyl (C=O) groups excluding carboxylic acids is 1. The average molecular weight is 344 g/mol. The zero-order chi connectivity index (χ0) is 17.6. The number of likely N-dealkylation sites (N-methyl/N-ethyl adjacent to an activating group) is 1. The molecule has 2 aliphatic heterocycles. The largest absolute Gasteiger partial charge is 0.427 e. The molecule has 0 spiro atoms. The van der Waals surface area contributed by atoms with Gasteiger partial charge in [0.15, 0.2) is 0 Å². The Morgan fingerprint density at radius 2 is 1.88 bits per heavy atom. The van der Waals surface area contributed by atoms with Crippen LogP contribution in [-0.2, 0) is 9.53 Å². The fourth-order valence-corrected chi connectivity index (χ4v) is 2.79. The topological polar surface area (TPSA) is 66.7 Å². The van der Waals surface area contributed by atoms with Crippen LogP contribution < -0.4 is 4.74 Å². The predicted octanol–water partition coefficient (Wildman–Crippen LogP) is 2.06. The van der Waals surface area contributed by atoms with E-state index in [1.807, 2.05) is 19.2 Å². The standard InChI is InChI=1S/C18H24N4O3/c1-14(23)25-16-7-5-15(6-8-16)19-18(22-9-3-4-10-22)20-17-13-24-12-11-21(17)2/h5-8H,3-4,9-13H2,1-2H3. The van der Waals surface area contributed by atoms with Crippen LogP contribution in [0, 0.1) is 0 Å². The zero-order valence-corrected chi connectivity index (χ0v) is 14.8. The quantitative estimate of drug-likeness (QED) is 0.356. The molecule has 2 aliphatic rings. The lowest BCUT2D eigenvalue weighted by molar-refractivity contribution is -0.131. The van der Waals surface area contributed by atoms with Crippen molar-refractivity contribution in [2.45, 2.75) is 19.8 Å². The maximum atomic E-state index is 11.0. The van der Waals surface area contributed by atoms with Gasteiger partial charge in [0.2, 0.25) is 5.96 Å². The van der Waals surface area contributed by atoms with Gasteiger partial charge in [-0.15, -0.1) is 0 Å². The van der Waals surface area contributed by atoms with Gasteiger partial charge in [-0.3, -0.25) is 4.79 Å².